The van der Waals surface area contributed by atoms with Gasteiger partial charge in [0.2, 0.25) is 6.29 Å². The lowest BCUT2D eigenvalue weighted by molar-refractivity contribution is -0.327. The summed E-state index contributed by atoms with van der Waals surface area (Å²) in [7, 11) is 1.16. The molecule has 0 amide bonds. The van der Waals surface area contributed by atoms with Crippen molar-refractivity contribution in [2.45, 2.75) is 56.8 Å². The molecule has 13 nitrogen and oxygen atoms in total. The number of aromatic hydroxyl groups is 2. The number of ether oxygens (including phenoxy) is 5. The standard InChI is InChI=1S/C25H32O13/c1-3-13-14(9-19(29)35-7-6-12-4-5-16(27)17(28)8-12)15(23(33)34-2)11-36-24(13)38-25-22(32)21(31)20(30)18(10-26)37-25/h3-5,8,11,14,18,20-22,24-28,30-32H,6-7,9-10H2,1-2H3/b13-3-/t14-,18+,20+,21-,22+,24?,25-/m0/s1. The van der Waals surface area contributed by atoms with Gasteiger partial charge in [-0.2, -0.15) is 0 Å². The van der Waals surface area contributed by atoms with E-state index in [1.54, 1.807) is 19.1 Å². The highest BCUT2D eigenvalue weighted by Gasteiger charge is 2.46. The topological polar surface area (TPSA) is 202 Å². The monoisotopic (exact) mass is 540 g/mol. The summed E-state index contributed by atoms with van der Waals surface area (Å²) < 4.78 is 26.7. The fourth-order valence-corrected chi connectivity index (χ4v) is 4.16. The second-order valence-corrected chi connectivity index (χ2v) is 8.71. The zero-order valence-corrected chi connectivity index (χ0v) is 20.8. The molecule has 1 unspecified atom stereocenters. The summed E-state index contributed by atoms with van der Waals surface area (Å²) in [5, 5.41) is 58.8. The molecule has 2 aliphatic rings. The van der Waals surface area contributed by atoms with Crippen molar-refractivity contribution in [3.63, 3.8) is 0 Å². The summed E-state index contributed by atoms with van der Waals surface area (Å²) >= 11 is 0. The molecule has 13 heteroatoms. The largest absolute Gasteiger partial charge is 0.504 e. The lowest BCUT2D eigenvalue weighted by Gasteiger charge is -2.41. The quantitative estimate of drug-likeness (QED) is 0.131. The molecule has 0 bridgehead atoms. The minimum Gasteiger partial charge on any atom is -0.504 e. The van der Waals surface area contributed by atoms with Gasteiger partial charge in [-0.15, -0.1) is 0 Å². The van der Waals surface area contributed by atoms with Gasteiger partial charge in [-0.3, -0.25) is 4.79 Å². The van der Waals surface area contributed by atoms with E-state index < -0.39 is 61.5 Å². The number of benzene rings is 1. The molecule has 1 fully saturated rings. The second-order valence-electron chi connectivity index (χ2n) is 8.71. The summed E-state index contributed by atoms with van der Waals surface area (Å²) in [6.07, 6.45) is -6.39. The Morgan fingerprint density at radius 3 is 2.45 bits per heavy atom. The molecule has 1 aromatic rings. The summed E-state index contributed by atoms with van der Waals surface area (Å²) in [5.74, 6) is -2.89. The molecule has 0 aromatic heterocycles. The predicted octanol–water partition coefficient (Wildman–Crippen LogP) is -0.634. The first-order valence-corrected chi connectivity index (χ1v) is 11.8. The zero-order valence-electron chi connectivity index (χ0n) is 20.8. The number of methoxy groups -OCH3 is 1. The molecule has 0 radical (unpaired) electrons. The number of hydrogen-bond acceptors (Lipinski definition) is 13. The van der Waals surface area contributed by atoms with Crippen LogP contribution in [-0.2, 0) is 39.7 Å². The number of allylic oxidation sites excluding steroid dienone is 1. The Kier molecular flexibility index (Phi) is 10.1. The highest BCUT2D eigenvalue weighted by molar-refractivity contribution is 5.90. The molecule has 210 valence electrons. The minimum absolute atomic E-state index is 0.00894. The van der Waals surface area contributed by atoms with Crippen LogP contribution in [0.4, 0.5) is 0 Å². The number of carbonyl (C=O) groups is 2. The average molecular weight is 541 g/mol. The Hall–Kier alpha value is -3.20. The maximum absolute atomic E-state index is 12.7. The third-order valence-electron chi connectivity index (χ3n) is 6.29. The number of hydrogen-bond donors (Lipinski definition) is 6. The van der Waals surface area contributed by atoms with E-state index >= 15 is 0 Å². The number of phenols is 2. The third-order valence-corrected chi connectivity index (χ3v) is 6.29. The fraction of sp³-hybridized carbons (Fsp3) is 0.520. The van der Waals surface area contributed by atoms with E-state index in [0.29, 0.717) is 11.1 Å². The lowest BCUT2D eigenvalue weighted by atomic mass is 9.86. The Bertz CT molecular complexity index is 1050. The molecule has 2 heterocycles. The molecule has 0 aliphatic carbocycles. The van der Waals surface area contributed by atoms with Gasteiger partial charge in [-0.1, -0.05) is 12.1 Å². The van der Waals surface area contributed by atoms with E-state index in [9.17, 15) is 40.2 Å². The molecule has 1 saturated heterocycles. The number of phenolic OH excluding ortho intramolecular Hbond substituents is 2. The van der Waals surface area contributed by atoms with Crippen LogP contribution in [0.5, 0.6) is 11.5 Å². The van der Waals surface area contributed by atoms with Crippen molar-refractivity contribution in [1.29, 1.82) is 0 Å². The van der Waals surface area contributed by atoms with E-state index in [4.69, 9.17) is 23.7 Å². The summed E-state index contributed by atoms with van der Waals surface area (Å²) in [6.45, 7) is 0.912. The van der Waals surface area contributed by atoms with Crippen LogP contribution in [0.2, 0.25) is 0 Å². The van der Waals surface area contributed by atoms with Crippen LogP contribution < -0.4 is 0 Å². The van der Waals surface area contributed by atoms with Crippen molar-refractivity contribution in [3.05, 3.63) is 47.2 Å². The molecule has 7 atom stereocenters. The van der Waals surface area contributed by atoms with Crippen molar-refractivity contribution < 1.29 is 63.9 Å². The van der Waals surface area contributed by atoms with E-state index in [2.05, 4.69) is 0 Å². The highest BCUT2D eigenvalue weighted by atomic mass is 16.8. The van der Waals surface area contributed by atoms with Crippen LogP contribution in [0.15, 0.2) is 41.7 Å². The van der Waals surface area contributed by atoms with Gasteiger partial charge in [-0.25, -0.2) is 4.79 Å². The van der Waals surface area contributed by atoms with Crippen LogP contribution >= 0.6 is 0 Å². The molecule has 6 N–H and O–H groups in total. The van der Waals surface area contributed by atoms with E-state index in [1.807, 2.05) is 0 Å². The Morgan fingerprint density at radius 2 is 1.82 bits per heavy atom. The normalized spacial score (nSPS) is 30.3. The average Bonchev–Trinajstić information content (AvgIpc) is 2.90. The van der Waals surface area contributed by atoms with Crippen LogP contribution in [-0.4, -0.2) is 99.9 Å². The molecule has 0 spiro atoms. The first-order chi connectivity index (χ1) is 18.1. The van der Waals surface area contributed by atoms with E-state index in [1.165, 1.54) is 12.1 Å². The van der Waals surface area contributed by atoms with Crippen molar-refractivity contribution in [3.8, 4) is 11.5 Å². The summed E-state index contributed by atoms with van der Waals surface area (Å²) in [4.78, 5) is 25.1. The minimum atomic E-state index is -1.69. The van der Waals surface area contributed by atoms with Gasteiger partial charge in [0.25, 0.3) is 0 Å². The predicted molar refractivity (Wildman–Crippen MR) is 126 cm³/mol. The Balaban J connectivity index is 1.71. The number of aliphatic hydroxyl groups excluding tert-OH is 4. The van der Waals surface area contributed by atoms with Crippen molar-refractivity contribution >= 4 is 11.9 Å². The van der Waals surface area contributed by atoms with Gasteiger partial charge in [0, 0.05) is 17.9 Å². The number of rotatable bonds is 9. The molecule has 38 heavy (non-hydrogen) atoms. The Labute approximate surface area is 218 Å². The third kappa shape index (κ3) is 6.62. The van der Waals surface area contributed by atoms with Crippen LogP contribution in [0.3, 0.4) is 0 Å². The van der Waals surface area contributed by atoms with Crippen molar-refractivity contribution in [1.82, 2.24) is 0 Å². The van der Waals surface area contributed by atoms with E-state index in [0.717, 1.165) is 13.4 Å². The zero-order chi connectivity index (χ0) is 28.0. The number of carbonyl (C=O) groups excluding carboxylic acids is 2. The molecular weight excluding hydrogens is 508 g/mol. The molecule has 2 aliphatic heterocycles. The van der Waals surface area contributed by atoms with Crippen molar-refractivity contribution in [2.75, 3.05) is 20.3 Å². The van der Waals surface area contributed by atoms with Gasteiger partial charge >= 0.3 is 11.9 Å². The highest BCUT2D eigenvalue weighted by Crippen LogP contribution is 2.36. The first kappa shape index (κ1) is 29.4. The molecular formula is C25H32O13. The van der Waals surface area contributed by atoms with Gasteiger partial charge in [0.1, 0.15) is 24.4 Å². The molecule has 3 rings (SSSR count). The lowest BCUT2D eigenvalue weighted by Crippen LogP contribution is -2.60. The fourth-order valence-electron chi connectivity index (χ4n) is 4.16. The molecule has 0 saturated carbocycles. The first-order valence-electron chi connectivity index (χ1n) is 11.8. The summed E-state index contributed by atoms with van der Waals surface area (Å²) in [6, 6.07) is 4.23. The van der Waals surface area contributed by atoms with Gasteiger partial charge in [0.05, 0.1) is 38.6 Å². The van der Waals surface area contributed by atoms with E-state index in [-0.39, 0.29) is 36.5 Å². The van der Waals surface area contributed by atoms with Crippen LogP contribution in [0, 0.1) is 5.92 Å². The van der Waals surface area contributed by atoms with Gasteiger partial charge < -0.3 is 54.3 Å². The maximum atomic E-state index is 12.7. The number of aliphatic hydroxyl groups is 4. The van der Waals surface area contributed by atoms with Gasteiger partial charge in [-0.05, 0) is 24.6 Å². The molecule has 1 aromatic carbocycles. The maximum Gasteiger partial charge on any atom is 0.337 e. The second kappa shape index (κ2) is 13.0. The Morgan fingerprint density at radius 1 is 1.08 bits per heavy atom. The number of esters is 2. The van der Waals surface area contributed by atoms with Crippen molar-refractivity contribution in [2.24, 2.45) is 5.92 Å². The van der Waals surface area contributed by atoms with Crippen LogP contribution in [0.25, 0.3) is 0 Å². The summed E-state index contributed by atoms with van der Waals surface area (Å²) in [5.41, 5.74) is 0.927. The van der Waals surface area contributed by atoms with Gasteiger partial charge in [0.15, 0.2) is 17.8 Å². The van der Waals surface area contributed by atoms with Crippen LogP contribution in [0.1, 0.15) is 18.9 Å². The SMILES string of the molecule is C/C=C1\C(O[C@@H]2O[C@H](CO)[C@@H](O)[C@H](O)[C@H]2O)OC=C(C(=O)OC)[C@H]1CC(=O)OCCc1ccc(O)c(O)c1. The smallest absolute Gasteiger partial charge is 0.337 e.